The minimum absolute atomic E-state index is 0.0555. The normalized spacial score (nSPS) is 17.0. The van der Waals surface area contributed by atoms with Crippen LogP contribution in [-0.2, 0) is 15.1 Å². The predicted octanol–water partition coefficient (Wildman–Crippen LogP) is 5.53. The molecular formula is C37H42N8O2. The van der Waals surface area contributed by atoms with Crippen LogP contribution >= 0.6 is 0 Å². The number of nitrogens with two attached hydrogens (primary N) is 2. The van der Waals surface area contributed by atoms with E-state index in [0.29, 0.717) is 18.2 Å². The summed E-state index contributed by atoms with van der Waals surface area (Å²) in [5.41, 5.74) is 20.1. The average molecular weight is 631 g/mol. The Hall–Kier alpha value is -4.80. The van der Waals surface area contributed by atoms with Gasteiger partial charge in [0.05, 0.1) is 23.9 Å². The Balaban J connectivity index is 1.21. The van der Waals surface area contributed by atoms with Crippen molar-refractivity contribution in [3.05, 3.63) is 84.6 Å². The molecule has 0 radical (unpaired) electrons. The quantitative estimate of drug-likeness (QED) is 0.193. The number of anilines is 2. The lowest BCUT2D eigenvalue weighted by atomic mass is 9.73. The summed E-state index contributed by atoms with van der Waals surface area (Å²) in [6, 6.07) is 25.1. The molecule has 4 heterocycles. The van der Waals surface area contributed by atoms with Gasteiger partial charge in [0.25, 0.3) is 0 Å². The Kier molecular flexibility index (Phi) is 8.38. The monoisotopic (exact) mass is 630 g/mol. The van der Waals surface area contributed by atoms with Gasteiger partial charge in [-0.2, -0.15) is 0 Å². The smallest absolute Gasteiger partial charge is 0.210 e. The molecule has 1 aliphatic heterocycles. The van der Waals surface area contributed by atoms with E-state index in [1.807, 2.05) is 36.1 Å². The van der Waals surface area contributed by atoms with E-state index in [2.05, 4.69) is 63.0 Å². The first-order chi connectivity index (χ1) is 22.9. The van der Waals surface area contributed by atoms with E-state index in [1.165, 1.54) is 0 Å². The number of methoxy groups -OCH3 is 1. The number of nitrogen functional groups attached to an aromatic ring is 1. The molecule has 2 fully saturated rings. The third-order valence-electron chi connectivity index (χ3n) is 9.96. The number of imidazole rings is 1. The summed E-state index contributed by atoms with van der Waals surface area (Å²) in [4.78, 5) is 30.7. The average Bonchev–Trinajstić information content (AvgIpc) is 3.47. The highest BCUT2D eigenvalue weighted by molar-refractivity contribution is 5.85. The summed E-state index contributed by atoms with van der Waals surface area (Å²) in [7, 11) is 1.67. The zero-order chi connectivity index (χ0) is 32.5. The number of aromatic nitrogens is 4. The number of hydrogen-bond acceptors (Lipinski definition) is 8. The van der Waals surface area contributed by atoms with Crippen molar-refractivity contribution in [3.8, 4) is 28.3 Å². The molecule has 10 nitrogen and oxygen atoms in total. The Morgan fingerprint density at radius 1 is 1.02 bits per heavy atom. The summed E-state index contributed by atoms with van der Waals surface area (Å²) in [6.45, 7) is 4.31. The van der Waals surface area contributed by atoms with Crippen molar-refractivity contribution in [2.75, 3.05) is 37.4 Å². The van der Waals surface area contributed by atoms with Gasteiger partial charge >= 0.3 is 0 Å². The molecule has 4 N–H and O–H groups in total. The van der Waals surface area contributed by atoms with Crippen LogP contribution in [0.25, 0.3) is 39.5 Å². The minimum Gasteiger partial charge on any atom is -0.383 e. The molecule has 1 unspecified atom stereocenters. The maximum absolute atomic E-state index is 11.9. The second-order valence-corrected chi connectivity index (χ2v) is 12.9. The fourth-order valence-corrected chi connectivity index (χ4v) is 7.10. The molecule has 0 spiro atoms. The molecule has 7 rings (SSSR count). The maximum Gasteiger partial charge on any atom is 0.210 e. The van der Waals surface area contributed by atoms with Gasteiger partial charge in [-0.15, -0.1) is 0 Å². The first kappa shape index (κ1) is 30.8. The zero-order valence-electron chi connectivity index (χ0n) is 27.0. The second-order valence-electron chi connectivity index (χ2n) is 12.9. The van der Waals surface area contributed by atoms with Gasteiger partial charge in [0, 0.05) is 54.9 Å². The summed E-state index contributed by atoms with van der Waals surface area (Å²) in [5.74, 6) is 1.10. The topological polar surface area (TPSA) is 128 Å². The van der Waals surface area contributed by atoms with E-state index >= 15 is 0 Å². The van der Waals surface area contributed by atoms with Gasteiger partial charge in [0.1, 0.15) is 11.3 Å². The highest BCUT2D eigenvalue weighted by Gasteiger charge is 2.34. The highest BCUT2D eigenvalue weighted by Crippen LogP contribution is 2.39. The Labute approximate surface area is 275 Å². The Morgan fingerprint density at radius 2 is 1.81 bits per heavy atom. The second kappa shape index (κ2) is 12.8. The number of fused-ring (bicyclic) bond motifs is 1. The van der Waals surface area contributed by atoms with Crippen molar-refractivity contribution in [3.63, 3.8) is 0 Å². The van der Waals surface area contributed by atoms with Crippen molar-refractivity contribution >= 4 is 29.1 Å². The molecule has 1 saturated carbocycles. The number of carbonyl (C=O) groups excluding carboxylic acids is 1. The van der Waals surface area contributed by atoms with Gasteiger partial charge in [0.15, 0.2) is 11.5 Å². The summed E-state index contributed by atoms with van der Waals surface area (Å²) in [5, 5.41) is 0. The van der Waals surface area contributed by atoms with Crippen LogP contribution in [0.15, 0.2) is 79.0 Å². The van der Waals surface area contributed by atoms with Crippen molar-refractivity contribution < 1.29 is 9.53 Å². The van der Waals surface area contributed by atoms with Gasteiger partial charge in [-0.3, -0.25) is 9.36 Å². The van der Waals surface area contributed by atoms with Crippen LogP contribution in [0, 0.1) is 0 Å². The lowest BCUT2D eigenvalue weighted by Crippen LogP contribution is -2.49. The number of hydrogen-bond donors (Lipinski definition) is 2. The molecule has 2 aliphatic rings. The number of amides is 1. The molecule has 242 valence electrons. The molecule has 3 aromatic heterocycles. The van der Waals surface area contributed by atoms with Crippen LogP contribution < -0.4 is 16.4 Å². The fourth-order valence-electron chi connectivity index (χ4n) is 7.10. The summed E-state index contributed by atoms with van der Waals surface area (Å²) < 4.78 is 7.37. The lowest BCUT2D eigenvalue weighted by Gasteiger charge is -2.40. The molecule has 10 heteroatoms. The van der Waals surface area contributed by atoms with E-state index in [0.717, 1.165) is 96.5 Å². The molecule has 5 aromatic rings. The third kappa shape index (κ3) is 5.83. The van der Waals surface area contributed by atoms with Crippen molar-refractivity contribution in [1.29, 1.82) is 0 Å². The van der Waals surface area contributed by atoms with E-state index in [9.17, 15) is 4.79 Å². The molecule has 1 aliphatic carbocycles. The summed E-state index contributed by atoms with van der Waals surface area (Å²) in [6.07, 6.45) is 7.65. The van der Waals surface area contributed by atoms with E-state index in [-0.39, 0.29) is 17.6 Å². The van der Waals surface area contributed by atoms with Gasteiger partial charge in [-0.1, -0.05) is 24.3 Å². The van der Waals surface area contributed by atoms with Crippen LogP contribution in [0.4, 0.5) is 11.5 Å². The number of pyridine rings is 2. The minimum atomic E-state index is -0.242. The summed E-state index contributed by atoms with van der Waals surface area (Å²) >= 11 is 0. The highest BCUT2D eigenvalue weighted by atomic mass is 16.5. The van der Waals surface area contributed by atoms with E-state index in [4.69, 9.17) is 26.2 Å². The SMILES string of the molecule is COCC(C)N(C=O)C1CCN(c2cccc(-c3ccc4nc(-c5cccnc5N)n(-c5ccc(C6(N)CCC6)cc5)c4n3)c2)CC1. The van der Waals surface area contributed by atoms with Gasteiger partial charge in [-0.25, -0.2) is 15.0 Å². The van der Waals surface area contributed by atoms with Gasteiger partial charge < -0.3 is 26.0 Å². The molecule has 1 atom stereocenters. The number of rotatable bonds is 10. The van der Waals surface area contributed by atoms with Gasteiger partial charge in [0.2, 0.25) is 6.41 Å². The molecule has 2 aromatic carbocycles. The van der Waals surface area contributed by atoms with E-state index in [1.54, 1.807) is 13.3 Å². The standard InChI is InChI=1S/C37H42N8O2/c1-25(23-47-2)44(24-46)28-15-20-43(21-16-28)30-7-3-6-26(22-30)32-13-14-33-36(41-32)45(35(42-33)31-8-4-19-40-34(31)38)29-11-9-27(10-12-29)37(39)17-5-18-37/h3-4,6-14,19,22,24-25,28H,5,15-18,20-21,23,39H2,1-2H3,(H2,38,40). The lowest BCUT2D eigenvalue weighted by molar-refractivity contribution is -0.124. The Bertz CT molecular complexity index is 1880. The molecular weight excluding hydrogens is 588 g/mol. The van der Waals surface area contributed by atoms with Crippen molar-refractivity contribution in [1.82, 2.24) is 24.4 Å². The van der Waals surface area contributed by atoms with Crippen LogP contribution in [-0.4, -0.2) is 69.7 Å². The van der Waals surface area contributed by atoms with Crippen LogP contribution in [0.5, 0.6) is 0 Å². The molecule has 47 heavy (non-hydrogen) atoms. The Morgan fingerprint density at radius 3 is 2.49 bits per heavy atom. The number of nitrogens with zero attached hydrogens (tertiary/aromatic N) is 6. The first-order valence-corrected chi connectivity index (χ1v) is 16.5. The number of carbonyl (C=O) groups is 1. The number of ether oxygens (including phenoxy) is 1. The van der Waals surface area contributed by atoms with Crippen LogP contribution in [0.1, 0.15) is 44.6 Å². The molecule has 0 bridgehead atoms. The zero-order valence-corrected chi connectivity index (χ0v) is 27.0. The van der Waals surface area contributed by atoms with Crippen LogP contribution in [0.2, 0.25) is 0 Å². The number of benzene rings is 2. The van der Waals surface area contributed by atoms with Crippen LogP contribution in [0.3, 0.4) is 0 Å². The van der Waals surface area contributed by atoms with Gasteiger partial charge in [-0.05, 0) is 93.1 Å². The van der Waals surface area contributed by atoms with Crippen molar-refractivity contribution in [2.24, 2.45) is 5.73 Å². The largest absolute Gasteiger partial charge is 0.383 e. The predicted molar refractivity (Wildman–Crippen MR) is 186 cm³/mol. The molecule has 1 amide bonds. The first-order valence-electron chi connectivity index (χ1n) is 16.5. The maximum atomic E-state index is 11.9. The van der Waals surface area contributed by atoms with E-state index < -0.39 is 0 Å². The fraction of sp³-hybridized carbons (Fsp3) is 0.351. The number of piperidine rings is 1. The van der Waals surface area contributed by atoms with Crippen molar-refractivity contribution in [2.45, 2.75) is 56.7 Å². The molecule has 1 saturated heterocycles. The third-order valence-corrected chi connectivity index (χ3v) is 9.96.